The fourth-order valence-corrected chi connectivity index (χ4v) is 1.69. The molecule has 4 nitrogen and oxygen atoms in total. The van der Waals surface area contributed by atoms with E-state index < -0.39 is 11.9 Å². The number of alkyl halides is 3. The number of aromatic nitrogens is 3. The van der Waals surface area contributed by atoms with Gasteiger partial charge in [-0.3, -0.25) is 4.68 Å². The lowest BCUT2D eigenvalue weighted by Crippen LogP contribution is -2.21. The molecule has 2 rings (SSSR count). The highest BCUT2D eigenvalue weighted by molar-refractivity contribution is 5.41. The van der Waals surface area contributed by atoms with Crippen molar-refractivity contribution in [2.45, 2.75) is 39.0 Å². The number of anilines is 1. The molecular formula is C14H17F3N4. The zero-order valence-corrected chi connectivity index (χ0v) is 12.1. The summed E-state index contributed by atoms with van der Waals surface area (Å²) < 4.78 is 39.0. The van der Waals surface area contributed by atoms with Crippen molar-refractivity contribution >= 4 is 5.69 Å². The predicted molar refractivity (Wildman–Crippen MR) is 73.8 cm³/mol. The zero-order valence-electron chi connectivity index (χ0n) is 12.1. The lowest BCUT2D eigenvalue weighted by Gasteiger charge is -2.18. The molecule has 7 heteroatoms. The molecule has 1 N–H and O–H groups in total. The van der Waals surface area contributed by atoms with Crippen LogP contribution in [0.5, 0.6) is 0 Å². The SMILES string of the molecule is CC(C)(C)n1cc(CNc2ccc(C(F)(F)F)nc2)cn1. The van der Waals surface area contributed by atoms with E-state index in [0.29, 0.717) is 12.2 Å². The summed E-state index contributed by atoms with van der Waals surface area (Å²) >= 11 is 0. The second-order valence-electron chi connectivity index (χ2n) is 5.75. The summed E-state index contributed by atoms with van der Waals surface area (Å²) in [6, 6.07) is 2.32. The third kappa shape index (κ3) is 3.96. The highest BCUT2D eigenvalue weighted by Gasteiger charge is 2.31. The van der Waals surface area contributed by atoms with Crippen molar-refractivity contribution in [3.8, 4) is 0 Å². The Morgan fingerprint density at radius 1 is 1.14 bits per heavy atom. The van der Waals surface area contributed by atoms with Gasteiger partial charge in [0.25, 0.3) is 0 Å². The fraction of sp³-hybridized carbons (Fsp3) is 0.429. The normalized spacial score (nSPS) is 12.5. The van der Waals surface area contributed by atoms with Crippen LogP contribution in [0.1, 0.15) is 32.0 Å². The number of hydrogen-bond acceptors (Lipinski definition) is 3. The third-order valence-corrected chi connectivity index (χ3v) is 2.87. The van der Waals surface area contributed by atoms with Crippen molar-refractivity contribution in [1.29, 1.82) is 0 Å². The molecule has 0 aliphatic carbocycles. The summed E-state index contributed by atoms with van der Waals surface area (Å²) in [5.41, 5.74) is 0.485. The summed E-state index contributed by atoms with van der Waals surface area (Å²) in [4.78, 5) is 3.40. The monoisotopic (exact) mass is 298 g/mol. The van der Waals surface area contributed by atoms with Gasteiger partial charge in [-0.05, 0) is 32.9 Å². The Balaban J connectivity index is 1.99. The Hall–Kier alpha value is -2.05. The fourth-order valence-electron chi connectivity index (χ4n) is 1.69. The number of pyridine rings is 1. The van der Waals surface area contributed by atoms with Crippen molar-refractivity contribution in [1.82, 2.24) is 14.8 Å². The second-order valence-corrected chi connectivity index (χ2v) is 5.75. The first-order valence-corrected chi connectivity index (χ1v) is 6.47. The van der Waals surface area contributed by atoms with Crippen molar-refractivity contribution in [3.63, 3.8) is 0 Å². The maximum absolute atomic E-state index is 12.4. The molecule has 21 heavy (non-hydrogen) atoms. The van der Waals surface area contributed by atoms with Crippen LogP contribution >= 0.6 is 0 Å². The van der Waals surface area contributed by atoms with Crippen LogP contribution in [-0.4, -0.2) is 14.8 Å². The van der Waals surface area contributed by atoms with Gasteiger partial charge in [0, 0.05) is 18.3 Å². The average Bonchev–Trinajstić information content (AvgIpc) is 2.84. The molecule has 0 unspecified atom stereocenters. The molecule has 0 radical (unpaired) electrons. The van der Waals surface area contributed by atoms with Gasteiger partial charge in [-0.25, -0.2) is 4.98 Å². The van der Waals surface area contributed by atoms with E-state index in [4.69, 9.17) is 0 Å². The Bertz CT molecular complexity index is 594. The molecular weight excluding hydrogens is 281 g/mol. The van der Waals surface area contributed by atoms with Crippen molar-refractivity contribution in [3.05, 3.63) is 42.0 Å². The van der Waals surface area contributed by atoms with E-state index in [1.807, 2.05) is 31.6 Å². The average molecular weight is 298 g/mol. The van der Waals surface area contributed by atoms with Gasteiger partial charge in [-0.2, -0.15) is 18.3 Å². The highest BCUT2D eigenvalue weighted by atomic mass is 19.4. The molecule has 0 atom stereocenters. The number of rotatable bonds is 3. The zero-order chi connectivity index (χ0) is 15.7. The van der Waals surface area contributed by atoms with Gasteiger partial charge in [0.2, 0.25) is 0 Å². The van der Waals surface area contributed by atoms with Crippen LogP contribution in [0.4, 0.5) is 18.9 Å². The van der Waals surface area contributed by atoms with Crippen LogP contribution < -0.4 is 5.32 Å². The van der Waals surface area contributed by atoms with E-state index in [0.717, 1.165) is 11.6 Å². The minimum atomic E-state index is -4.41. The summed E-state index contributed by atoms with van der Waals surface area (Å²) in [6.07, 6.45) is 0.406. The summed E-state index contributed by atoms with van der Waals surface area (Å²) in [5, 5.41) is 7.28. The first kappa shape index (κ1) is 15.3. The first-order valence-electron chi connectivity index (χ1n) is 6.47. The van der Waals surface area contributed by atoms with E-state index in [2.05, 4.69) is 15.4 Å². The quantitative estimate of drug-likeness (QED) is 0.940. The highest BCUT2D eigenvalue weighted by Crippen LogP contribution is 2.27. The van der Waals surface area contributed by atoms with E-state index in [1.165, 1.54) is 12.3 Å². The maximum atomic E-state index is 12.4. The summed E-state index contributed by atoms with van der Waals surface area (Å²) in [7, 11) is 0. The smallest absolute Gasteiger partial charge is 0.380 e. The van der Waals surface area contributed by atoms with E-state index in [9.17, 15) is 13.2 Å². The van der Waals surface area contributed by atoms with Gasteiger partial charge in [-0.1, -0.05) is 0 Å². The Morgan fingerprint density at radius 2 is 1.86 bits per heavy atom. The van der Waals surface area contributed by atoms with Gasteiger partial charge < -0.3 is 5.32 Å². The predicted octanol–water partition coefficient (Wildman–Crippen LogP) is 3.66. The number of halogens is 3. The molecule has 0 fully saturated rings. The molecule has 2 aromatic rings. The van der Waals surface area contributed by atoms with E-state index >= 15 is 0 Å². The van der Waals surface area contributed by atoms with Gasteiger partial charge in [0.05, 0.1) is 23.6 Å². The third-order valence-electron chi connectivity index (χ3n) is 2.87. The van der Waals surface area contributed by atoms with E-state index in [1.54, 1.807) is 6.20 Å². The van der Waals surface area contributed by atoms with Crippen LogP contribution in [0.3, 0.4) is 0 Å². The topological polar surface area (TPSA) is 42.7 Å². The molecule has 0 saturated carbocycles. The summed E-state index contributed by atoms with van der Waals surface area (Å²) in [6.45, 7) is 6.59. The Kier molecular flexibility index (Phi) is 3.93. The molecule has 0 saturated heterocycles. The lowest BCUT2D eigenvalue weighted by atomic mass is 10.1. The molecule has 0 amide bonds. The molecule has 2 aromatic heterocycles. The van der Waals surface area contributed by atoms with Crippen LogP contribution in [0, 0.1) is 0 Å². The Labute approximate surface area is 121 Å². The Morgan fingerprint density at radius 3 is 2.33 bits per heavy atom. The van der Waals surface area contributed by atoms with Gasteiger partial charge in [0.15, 0.2) is 0 Å². The van der Waals surface area contributed by atoms with Crippen molar-refractivity contribution < 1.29 is 13.2 Å². The van der Waals surface area contributed by atoms with Crippen LogP contribution in [0.25, 0.3) is 0 Å². The van der Waals surface area contributed by atoms with Crippen LogP contribution in [0.2, 0.25) is 0 Å². The van der Waals surface area contributed by atoms with Crippen LogP contribution in [0.15, 0.2) is 30.7 Å². The maximum Gasteiger partial charge on any atom is 0.433 e. The molecule has 114 valence electrons. The van der Waals surface area contributed by atoms with Crippen molar-refractivity contribution in [2.24, 2.45) is 0 Å². The van der Waals surface area contributed by atoms with Crippen molar-refractivity contribution in [2.75, 3.05) is 5.32 Å². The standard InChI is InChI=1S/C14H17F3N4/c1-13(2,3)21-9-10(7-20-21)6-18-11-4-5-12(19-8-11)14(15,16)17/h4-5,7-9,18H,6H2,1-3H3. The number of nitrogens with zero attached hydrogens (tertiary/aromatic N) is 3. The molecule has 0 aromatic carbocycles. The number of hydrogen-bond donors (Lipinski definition) is 1. The van der Waals surface area contributed by atoms with Gasteiger partial charge in [-0.15, -0.1) is 0 Å². The summed E-state index contributed by atoms with van der Waals surface area (Å²) in [5.74, 6) is 0. The van der Waals surface area contributed by atoms with E-state index in [-0.39, 0.29) is 5.54 Å². The molecule has 0 spiro atoms. The minimum Gasteiger partial charge on any atom is -0.380 e. The molecule has 0 bridgehead atoms. The molecule has 0 aliphatic heterocycles. The first-order chi connectivity index (χ1) is 9.66. The van der Waals surface area contributed by atoms with Gasteiger partial charge >= 0.3 is 6.18 Å². The molecule has 0 aliphatic rings. The minimum absolute atomic E-state index is 0.103. The molecule has 2 heterocycles. The second kappa shape index (κ2) is 5.38. The number of nitrogens with one attached hydrogen (secondary N) is 1. The van der Waals surface area contributed by atoms with Crippen LogP contribution in [-0.2, 0) is 18.3 Å². The van der Waals surface area contributed by atoms with Gasteiger partial charge in [0.1, 0.15) is 5.69 Å². The lowest BCUT2D eigenvalue weighted by molar-refractivity contribution is -0.141. The largest absolute Gasteiger partial charge is 0.433 e.